The summed E-state index contributed by atoms with van der Waals surface area (Å²) < 4.78 is 7.44. The van der Waals surface area contributed by atoms with Crippen LogP contribution in [0.5, 0.6) is 5.75 Å². The second kappa shape index (κ2) is 11.0. The van der Waals surface area contributed by atoms with Crippen molar-refractivity contribution in [3.05, 3.63) is 65.4 Å². The smallest absolute Gasteiger partial charge is 0.271 e. The van der Waals surface area contributed by atoms with Gasteiger partial charge >= 0.3 is 0 Å². The minimum atomic E-state index is -1.04. The number of amides is 2. The molecule has 0 bridgehead atoms. The molecule has 2 amide bonds. The fourth-order valence-corrected chi connectivity index (χ4v) is 6.45. The van der Waals surface area contributed by atoms with E-state index < -0.39 is 5.54 Å². The molecule has 1 saturated heterocycles. The fraction of sp³-hybridized carbons (Fsp3) is 0.500. The Hall–Kier alpha value is -3.32. The Morgan fingerprint density at radius 1 is 1.08 bits per heavy atom. The van der Waals surface area contributed by atoms with Gasteiger partial charge in [-0.05, 0) is 68.8 Å². The fourth-order valence-electron chi connectivity index (χ4n) is 6.45. The number of carbonyl (C=O) groups excluding carboxylic acids is 2. The van der Waals surface area contributed by atoms with Gasteiger partial charge in [0.25, 0.3) is 5.91 Å². The highest BCUT2D eigenvalue weighted by atomic mass is 16.5. The van der Waals surface area contributed by atoms with E-state index in [-0.39, 0.29) is 11.8 Å². The monoisotopic (exact) mass is 530 g/mol. The molecule has 2 aromatic carbocycles. The topological polar surface area (TPSA) is 66.8 Å². The van der Waals surface area contributed by atoms with Gasteiger partial charge in [0.15, 0.2) is 0 Å². The van der Waals surface area contributed by atoms with E-state index in [0.29, 0.717) is 25.3 Å². The molecule has 39 heavy (non-hydrogen) atoms. The van der Waals surface area contributed by atoms with E-state index in [4.69, 9.17) is 4.74 Å². The standard InChI is InChI=1S/C32H42N4O3/c1-22-7-9-25(10-8-22)20-36-30(37)29-16-26-11-12-27(39-5)17-28(26)35(29)21-32(36,4)31(38)33-13-6-14-34-18-23(2)15-24(3)19-34/h7-12,16-17,23-24H,6,13-15,18-21H2,1-5H3,(H,33,38)/t23-,24+,32-/m0/s1. The Bertz CT molecular complexity index is 1340. The number of aryl methyl sites for hydroxylation is 1. The largest absolute Gasteiger partial charge is 0.497 e. The van der Waals surface area contributed by atoms with Crippen LogP contribution in [-0.2, 0) is 17.9 Å². The summed E-state index contributed by atoms with van der Waals surface area (Å²) in [7, 11) is 1.64. The first-order chi connectivity index (χ1) is 18.7. The lowest BCUT2D eigenvalue weighted by molar-refractivity contribution is -0.133. The molecule has 1 aromatic heterocycles. The highest BCUT2D eigenvalue weighted by molar-refractivity contribution is 6.03. The second-order valence-electron chi connectivity index (χ2n) is 12.0. The molecule has 0 aliphatic carbocycles. The Labute approximate surface area is 232 Å². The lowest BCUT2D eigenvalue weighted by Gasteiger charge is -2.44. The average Bonchev–Trinajstić information content (AvgIpc) is 3.27. The summed E-state index contributed by atoms with van der Waals surface area (Å²) in [6.07, 6.45) is 2.18. The first-order valence-electron chi connectivity index (χ1n) is 14.2. The molecule has 3 aromatic rings. The van der Waals surface area contributed by atoms with Crippen LogP contribution in [0.25, 0.3) is 10.9 Å². The molecule has 0 radical (unpaired) electrons. The summed E-state index contributed by atoms with van der Waals surface area (Å²) in [5.74, 6) is 1.92. The molecule has 2 aliphatic heterocycles. The highest BCUT2D eigenvalue weighted by Gasteiger charge is 2.47. The zero-order valence-electron chi connectivity index (χ0n) is 24.0. The van der Waals surface area contributed by atoms with Crippen LogP contribution in [0.4, 0.5) is 0 Å². The Morgan fingerprint density at radius 3 is 2.49 bits per heavy atom. The number of piperidine rings is 1. The average molecular weight is 531 g/mol. The first-order valence-corrected chi connectivity index (χ1v) is 14.2. The van der Waals surface area contributed by atoms with E-state index >= 15 is 0 Å². The third-order valence-electron chi connectivity index (χ3n) is 8.47. The van der Waals surface area contributed by atoms with E-state index in [1.165, 1.54) is 6.42 Å². The number of fused-ring (bicyclic) bond motifs is 3. The van der Waals surface area contributed by atoms with Crippen LogP contribution in [0.15, 0.2) is 48.5 Å². The van der Waals surface area contributed by atoms with Gasteiger partial charge in [-0.1, -0.05) is 43.7 Å². The maximum Gasteiger partial charge on any atom is 0.271 e. The van der Waals surface area contributed by atoms with E-state index in [0.717, 1.165) is 65.7 Å². The molecule has 5 rings (SSSR count). The minimum absolute atomic E-state index is 0.112. The molecule has 3 heterocycles. The van der Waals surface area contributed by atoms with Crippen LogP contribution in [0.2, 0.25) is 0 Å². The lowest BCUT2D eigenvalue weighted by Crippen LogP contribution is -2.63. The SMILES string of the molecule is COc1ccc2cc3n(c2c1)C[C@@](C)(C(=O)NCCCN1C[C@H](C)C[C@H](C)C1)N(Cc1ccc(C)cc1)C3=O. The number of ether oxygens (including phenoxy) is 1. The normalized spacial score (nSPS) is 23.6. The number of benzene rings is 2. The number of rotatable bonds is 8. The molecule has 0 spiro atoms. The van der Waals surface area contributed by atoms with E-state index in [1.807, 2.05) is 66.9 Å². The van der Waals surface area contributed by atoms with Crippen molar-refractivity contribution in [2.45, 2.75) is 59.2 Å². The number of nitrogens with zero attached hydrogens (tertiary/aromatic N) is 3. The van der Waals surface area contributed by atoms with Crippen LogP contribution in [0.1, 0.15) is 55.2 Å². The van der Waals surface area contributed by atoms with Crippen molar-refractivity contribution < 1.29 is 14.3 Å². The molecular formula is C32H42N4O3. The zero-order chi connectivity index (χ0) is 27.7. The maximum absolute atomic E-state index is 14.0. The number of hydrogen-bond acceptors (Lipinski definition) is 4. The number of carbonyl (C=O) groups is 2. The molecule has 0 unspecified atom stereocenters. The summed E-state index contributed by atoms with van der Waals surface area (Å²) in [6.45, 7) is 13.2. The van der Waals surface area contributed by atoms with Crippen molar-refractivity contribution in [1.82, 2.24) is 19.7 Å². The Kier molecular flexibility index (Phi) is 7.72. The van der Waals surface area contributed by atoms with Crippen LogP contribution in [-0.4, -0.2) is 65.0 Å². The van der Waals surface area contributed by atoms with Gasteiger partial charge in [0.1, 0.15) is 17.0 Å². The van der Waals surface area contributed by atoms with E-state index in [2.05, 4.69) is 24.1 Å². The van der Waals surface area contributed by atoms with Gasteiger partial charge in [-0.15, -0.1) is 0 Å². The molecule has 7 nitrogen and oxygen atoms in total. The third-order valence-corrected chi connectivity index (χ3v) is 8.47. The van der Waals surface area contributed by atoms with E-state index in [9.17, 15) is 9.59 Å². The van der Waals surface area contributed by atoms with Crippen molar-refractivity contribution in [2.75, 3.05) is 33.3 Å². The molecule has 1 fully saturated rings. The van der Waals surface area contributed by atoms with Crippen molar-refractivity contribution in [3.8, 4) is 5.75 Å². The molecule has 7 heteroatoms. The molecule has 0 saturated carbocycles. The molecule has 1 N–H and O–H groups in total. The van der Waals surface area contributed by atoms with Crippen LogP contribution in [0, 0.1) is 18.8 Å². The summed E-state index contributed by atoms with van der Waals surface area (Å²) >= 11 is 0. The first kappa shape index (κ1) is 27.3. The number of hydrogen-bond donors (Lipinski definition) is 1. The maximum atomic E-state index is 14.0. The second-order valence-corrected chi connectivity index (χ2v) is 12.0. The molecule has 2 aliphatic rings. The molecule has 3 atom stereocenters. The van der Waals surface area contributed by atoms with Crippen molar-refractivity contribution >= 4 is 22.7 Å². The van der Waals surface area contributed by atoms with E-state index in [1.54, 1.807) is 12.0 Å². The van der Waals surface area contributed by atoms with Gasteiger partial charge in [0, 0.05) is 37.6 Å². The number of aromatic nitrogens is 1. The van der Waals surface area contributed by atoms with Gasteiger partial charge < -0.3 is 24.4 Å². The minimum Gasteiger partial charge on any atom is -0.497 e. The lowest BCUT2D eigenvalue weighted by atomic mass is 9.92. The van der Waals surface area contributed by atoms with Crippen LogP contribution in [0.3, 0.4) is 0 Å². The van der Waals surface area contributed by atoms with Gasteiger partial charge in [-0.3, -0.25) is 9.59 Å². The number of nitrogens with one attached hydrogen (secondary N) is 1. The quantitative estimate of drug-likeness (QED) is 0.423. The zero-order valence-corrected chi connectivity index (χ0v) is 24.0. The van der Waals surface area contributed by atoms with Gasteiger partial charge in [0.05, 0.1) is 19.2 Å². The van der Waals surface area contributed by atoms with Crippen molar-refractivity contribution in [1.29, 1.82) is 0 Å². The molecule has 208 valence electrons. The predicted molar refractivity (Wildman–Crippen MR) is 155 cm³/mol. The number of methoxy groups -OCH3 is 1. The summed E-state index contributed by atoms with van der Waals surface area (Å²) in [5, 5.41) is 4.16. The van der Waals surface area contributed by atoms with Crippen LogP contribution >= 0.6 is 0 Å². The summed E-state index contributed by atoms with van der Waals surface area (Å²) in [6, 6.07) is 15.9. The Morgan fingerprint density at radius 2 is 1.79 bits per heavy atom. The van der Waals surface area contributed by atoms with Crippen LogP contribution < -0.4 is 10.1 Å². The van der Waals surface area contributed by atoms with Gasteiger partial charge in [-0.2, -0.15) is 0 Å². The van der Waals surface area contributed by atoms with Crippen molar-refractivity contribution in [2.24, 2.45) is 11.8 Å². The predicted octanol–water partition coefficient (Wildman–Crippen LogP) is 4.86. The summed E-state index contributed by atoms with van der Waals surface area (Å²) in [5.41, 5.74) is 2.63. The van der Waals surface area contributed by atoms with Gasteiger partial charge in [-0.25, -0.2) is 0 Å². The Balaban J connectivity index is 1.38. The van der Waals surface area contributed by atoms with Crippen molar-refractivity contribution in [3.63, 3.8) is 0 Å². The number of likely N-dealkylation sites (tertiary alicyclic amines) is 1. The summed E-state index contributed by atoms with van der Waals surface area (Å²) in [4.78, 5) is 32.2. The molecular weight excluding hydrogens is 488 g/mol. The van der Waals surface area contributed by atoms with Gasteiger partial charge in [0.2, 0.25) is 5.91 Å². The third kappa shape index (κ3) is 5.55. The highest BCUT2D eigenvalue weighted by Crippen LogP contribution is 2.35.